The van der Waals surface area contributed by atoms with Gasteiger partial charge < -0.3 is 16.2 Å². The summed E-state index contributed by atoms with van der Waals surface area (Å²) in [5.41, 5.74) is 4.90. The van der Waals surface area contributed by atoms with Crippen LogP contribution in [0.4, 0.5) is 5.69 Å². The molecule has 0 spiro atoms. The first-order valence-electron chi connectivity index (χ1n) is 6.70. The van der Waals surface area contributed by atoms with Gasteiger partial charge in [-0.3, -0.25) is 9.78 Å². The number of anilines is 1. The van der Waals surface area contributed by atoms with E-state index in [1.54, 1.807) is 6.07 Å². The highest BCUT2D eigenvalue weighted by molar-refractivity contribution is 5.92. The van der Waals surface area contributed by atoms with Gasteiger partial charge in [0.25, 0.3) is 5.91 Å². The number of hydrogen-bond donors (Lipinski definition) is 3. The van der Waals surface area contributed by atoms with Crippen LogP contribution in [0.25, 0.3) is 0 Å². The van der Waals surface area contributed by atoms with Crippen molar-refractivity contribution >= 4 is 17.6 Å². The molecule has 0 saturated heterocycles. The first-order valence-corrected chi connectivity index (χ1v) is 6.70. The largest absolute Gasteiger partial charge is 0.480 e. The van der Waals surface area contributed by atoms with Crippen LogP contribution in [0, 0.1) is 5.92 Å². The van der Waals surface area contributed by atoms with Crippen molar-refractivity contribution in [3.63, 3.8) is 0 Å². The standard InChI is InChI=1S/C14H19N3O3/c1-9-2-5-14(6-3-9,13(19)20)17-10-4-7-16-11(8-10)12(15)18/h4,7-9H,2-3,5-6H2,1H3,(H2,15,18)(H,16,17)(H,19,20). The van der Waals surface area contributed by atoms with Crippen LogP contribution in [0.2, 0.25) is 0 Å². The number of aliphatic carboxylic acids is 1. The maximum atomic E-state index is 11.6. The van der Waals surface area contributed by atoms with Crippen molar-refractivity contribution in [3.05, 3.63) is 24.0 Å². The fraction of sp³-hybridized carbons (Fsp3) is 0.500. The van der Waals surface area contributed by atoms with Crippen molar-refractivity contribution in [2.75, 3.05) is 5.32 Å². The first-order chi connectivity index (χ1) is 9.43. The van der Waals surface area contributed by atoms with E-state index in [4.69, 9.17) is 5.73 Å². The van der Waals surface area contributed by atoms with E-state index in [0.29, 0.717) is 24.4 Å². The van der Waals surface area contributed by atoms with Crippen LogP contribution in [0.3, 0.4) is 0 Å². The lowest BCUT2D eigenvalue weighted by Crippen LogP contribution is -2.48. The lowest BCUT2D eigenvalue weighted by Gasteiger charge is -2.37. The van der Waals surface area contributed by atoms with E-state index >= 15 is 0 Å². The van der Waals surface area contributed by atoms with Gasteiger partial charge in [-0.25, -0.2) is 4.79 Å². The van der Waals surface area contributed by atoms with Gasteiger partial charge in [-0.15, -0.1) is 0 Å². The van der Waals surface area contributed by atoms with E-state index in [9.17, 15) is 14.7 Å². The average molecular weight is 277 g/mol. The Morgan fingerprint density at radius 2 is 2.10 bits per heavy atom. The molecule has 2 rings (SSSR count). The smallest absolute Gasteiger partial charge is 0.329 e. The lowest BCUT2D eigenvalue weighted by molar-refractivity contribution is -0.143. The average Bonchev–Trinajstić information content (AvgIpc) is 2.41. The summed E-state index contributed by atoms with van der Waals surface area (Å²) in [6.45, 7) is 2.13. The summed E-state index contributed by atoms with van der Waals surface area (Å²) < 4.78 is 0. The van der Waals surface area contributed by atoms with E-state index in [-0.39, 0.29) is 5.69 Å². The molecule has 0 radical (unpaired) electrons. The Balaban J connectivity index is 2.23. The molecule has 1 heterocycles. The van der Waals surface area contributed by atoms with Crippen molar-refractivity contribution in [3.8, 4) is 0 Å². The fourth-order valence-corrected chi connectivity index (χ4v) is 2.57. The molecule has 0 aliphatic heterocycles. The van der Waals surface area contributed by atoms with Crippen LogP contribution in [0.5, 0.6) is 0 Å². The zero-order valence-corrected chi connectivity index (χ0v) is 11.4. The number of pyridine rings is 1. The topological polar surface area (TPSA) is 105 Å². The number of carboxylic acids is 1. The van der Waals surface area contributed by atoms with Crippen molar-refractivity contribution in [1.82, 2.24) is 4.98 Å². The van der Waals surface area contributed by atoms with Gasteiger partial charge >= 0.3 is 5.97 Å². The third-order valence-corrected chi connectivity index (χ3v) is 3.93. The molecule has 108 valence electrons. The summed E-state index contributed by atoms with van der Waals surface area (Å²) in [6, 6.07) is 3.14. The second kappa shape index (κ2) is 5.48. The number of carbonyl (C=O) groups excluding carboxylic acids is 1. The highest BCUT2D eigenvalue weighted by Crippen LogP contribution is 2.35. The predicted molar refractivity (Wildman–Crippen MR) is 74.4 cm³/mol. The van der Waals surface area contributed by atoms with Crippen LogP contribution in [0.15, 0.2) is 18.3 Å². The van der Waals surface area contributed by atoms with Crippen molar-refractivity contribution in [2.24, 2.45) is 11.7 Å². The van der Waals surface area contributed by atoms with Crippen LogP contribution in [-0.4, -0.2) is 27.5 Å². The van der Waals surface area contributed by atoms with Crippen LogP contribution in [-0.2, 0) is 4.79 Å². The maximum absolute atomic E-state index is 11.6. The molecule has 1 aliphatic carbocycles. The van der Waals surface area contributed by atoms with Gasteiger partial charge in [0, 0.05) is 11.9 Å². The number of nitrogens with two attached hydrogens (primary N) is 1. The number of carbonyl (C=O) groups is 2. The third kappa shape index (κ3) is 2.89. The maximum Gasteiger partial charge on any atom is 0.329 e. The van der Waals surface area contributed by atoms with Gasteiger partial charge in [0.05, 0.1) is 0 Å². The summed E-state index contributed by atoms with van der Waals surface area (Å²) in [4.78, 5) is 26.6. The zero-order valence-electron chi connectivity index (χ0n) is 11.4. The first kappa shape index (κ1) is 14.3. The van der Waals surface area contributed by atoms with Gasteiger partial charge in [0.15, 0.2) is 0 Å². The van der Waals surface area contributed by atoms with Gasteiger partial charge in [-0.2, -0.15) is 0 Å². The Kier molecular flexibility index (Phi) is 3.92. The van der Waals surface area contributed by atoms with Crippen LogP contribution >= 0.6 is 0 Å². The van der Waals surface area contributed by atoms with E-state index in [1.807, 2.05) is 0 Å². The molecule has 0 unspecified atom stereocenters. The normalized spacial score (nSPS) is 25.9. The minimum absolute atomic E-state index is 0.125. The molecule has 20 heavy (non-hydrogen) atoms. The molecule has 0 atom stereocenters. The molecule has 1 amide bonds. The van der Waals surface area contributed by atoms with Gasteiger partial charge in [0.1, 0.15) is 11.2 Å². The molecule has 4 N–H and O–H groups in total. The molecule has 1 saturated carbocycles. The SMILES string of the molecule is CC1CCC(Nc2ccnc(C(N)=O)c2)(C(=O)O)CC1. The van der Waals surface area contributed by atoms with Crippen LogP contribution in [0.1, 0.15) is 43.1 Å². The van der Waals surface area contributed by atoms with E-state index in [1.165, 1.54) is 12.3 Å². The molecular formula is C14H19N3O3. The number of aromatic nitrogens is 1. The van der Waals surface area contributed by atoms with Crippen LogP contribution < -0.4 is 11.1 Å². The minimum Gasteiger partial charge on any atom is -0.480 e. The number of nitrogens with one attached hydrogen (secondary N) is 1. The summed E-state index contributed by atoms with van der Waals surface area (Å²) >= 11 is 0. The summed E-state index contributed by atoms with van der Waals surface area (Å²) in [7, 11) is 0. The Morgan fingerprint density at radius 1 is 1.45 bits per heavy atom. The number of nitrogens with zero attached hydrogens (tertiary/aromatic N) is 1. The molecule has 6 heteroatoms. The van der Waals surface area contributed by atoms with Gasteiger partial charge in [-0.05, 0) is 43.7 Å². The highest BCUT2D eigenvalue weighted by atomic mass is 16.4. The number of carboxylic acid groups (broad SMARTS) is 1. The van der Waals surface area contributed by atoms with E-state index in [2.05, 4.69) is 17.2 Å². The summed E-state index contributed by atoms with van der Waals surface area (Å²) in [6.07, 6.45) is 4.32. The molecule has 1 fully saturated rings. The van der Waals surface area contributed by atoms with Gasteiger partial charge in [-0.1, -0.05) is 6.92 Å². The zero-order chi connectivity index (χ0) is 14.8. The number of rotatable bonds is 4. The molecule has 0 aromatic carbocycles. The predicted octanol–water partition coefficient (Wildman–Crippen LogP) is 1.63. The van der Waals surface area contributed by atoms with E-state index < -0.39 is 17.4 Å². The Morgan fingerprint density at radius 3 is 2.65 bits per heavy atom. The van der Waals surface area contributed by atoms with Crippen molar-refractivity contribution in [1.29, 1.82) is 0 Å². The molecule has 0 bridgehead atoms. The Labute approximate surface area is 117 Å². The number of hydrogen-bond acceptors (Lipinski definition) is 4. The quantitative estimate of drug-likeness (QED) is 0.775. The molecule has 1 aromatic rings. The highest BCUT2D eigenvalue weighted by Gasteiger charge is 2.41. The molecule has 1 aromatic heterocycles. The fourth-order valence-electron chi connectivity index (χ4n) is 2.57. The lowest BCUT2D eigenvalue weighted by atomic mass is 9.77. The van der Waals surface area contributed by atoms with Gasteiger partial charge in [0.2, 0.25) is 0 Å². The third-order valence-electron chi connectivity index (χ3n) is 3.93. The Hall–Kier alpha value is -2.11. The van der Waals surface area contributed by atoms with Crippen molar-refractivity contribution in [2.45, 2.75) is 38.1 Å². The summed E-state index contributed by atoms with van der Waals surface area (Å²) in [5, 5.41) is 12.6. The molecule has 6 nitrogen and oxygen atoms in total. The van der Waals surface area contributed by atoms with Crippen molar-refractivity contribution < 1.29 is 14.7 Å². The second-order valence-corrected chi connectivity index (χ2v) is 5.49. The molecular weight excluding hydrogens is 258 g/mol. The monoisotopic (exact) mass is 277 g/mol. The number of amides is 1. The Bertz CT molecular complexity index is 522. The minimum atomic E-state index is -0.969. The van der Waals surface area contributed by atoms with E-state index in [0.717, 1.165) is 12.8 Å². The summed E-state index contributed by atoms with van der Waals surface area (Å²) in [5.74, 6) is -0.944. The second-order valence-electron chi connectivity index (χ2n) is 5.49. The number of primary amides is 1. The molecule has 1 aliphatic rings.